The molecule has 1 N–H and O–H groups in total. The lowest BCUT2D eigenvalue weighted by Gasteiger charge is -2.29. The maximum absolute atomic E-state index is 13.4. The summed E-state index contributed by atoms with van der Waals surface area (Å²) in [6, 6.07) is 20.9. The Hall–Kier alpha value is -3.31. The largest absolute Gasteiger partial charge is 0.489 e. The molecule has 0 bridgehead atoms. The normalized spacial score (nSPS) is 17.9. The van der Waals surface area contributed by atoms with E-state index in [1.54, 1.807) is 18.2 Å². The summed E-state index contributed by atoms with van der Waals surface area (Å²) in [5.74, 6) is -0.540. The second kappa shape index (κ2) is 9.45. The third-order valence-corrected chi connectivity index (χ3v) is 6.14. The topological polar surface area (TPSA) is 66.8 Å². The van der Waals surface area contributed by atoms with Gasteiger partial charge in [0.2, 0.25) is 0 Å². The predicted octanol–water partition coefficient (Wildman–Crippen LogP) is 5.66. The fourth-order valence-corrected chi connectivity index (χ4v) is 4.34. The van der Waals surface area contributed by atoms with Crippen molar-refractivity contribution in [2.75, 3.05) is 0 Å². The van der Waals surface area contributed by atoms with E-state index in [2.05, 4.69) is 0 Å². The van der Waals surface area contributed by atoms with Crippen molar-refractivity contribution in [3.63, 3.8) is 0 Å². The van der Waals surface area contributed by atoms with Gasteiger partial charge < -0.3 is 14.7 Å². The van der Waals surface area contributed by atoms with Gasteiger partial charge >= 0.3 is 5.97 Å². The number of hydrogen-bond acceptors (Lipinski definition) is 3. The van der Waals surface area contributed by atoms with Gasteiger partial charge in [0.05, 0.1) is 6.04 Å². The highest BCUT2D eigenvalue weighted by Crippen LogP contribution is 2.40. The maximum Gasteiger partial charge on any atom is 0.326 e. The Morgan fingerprint density at radius 3 is 2.34 bits per heavy atom. The highest BCUT2D eigenvalue weighted by Gasteiger charge is 2.42. The second-order valence-electron chi connectivity index (χ2n) is 7.98. The Morgan fingerprint density at radius 2 is 1.69 bits per heavy atom. The Kier molecular flexibility index (Phi) is 6.47. The fraction of sp³-hybridized carbons (Fsp3) is 0.231. The summed E-state index contributed by atoms with van der Waals surface area (Å²) in [5.41, 5.74) is 3.29. The van der Waals surface area contributed by atoms with Crippen LogP contribution >= 0.6 is 11.6 Å². The lowest BCUT2D eigenvalue weighted by molar-refractivity contribution is -0.141. The first kappa shape index (κ1) is 21.9. The molecule has 4 rings (SSSR count). The van der Waals surface area contributed by atoms with Crippen molar-refractivity contribution in [3.8, 4) is 5.75 Å². The van der Waals surface area contributed by atoms with Crippen LogP contribution in [0.1, 0.15) is 45.9 Å². The van der Waals surface area contributed by atoms with E-state index in [-0.39, 0.29) is 11.9 Å². The number of amides is 1. The molecule has 6 heteroatoms. The first-order valence-corrected chi connectivity index (χ1v) is 10.9. The van der Waals surface area contributed by atoms with Crippen molar-refractivity contribution >= 4 is 23.5 Å². The summed E-state index contributed by atoms with van der Waals surface area (Å²) in [7, 11) is 0. The van der Waals surface area contributed by atoms with E-state index in [4.69, 9.17) is 16.3 Å². The molecule has 1 aliphatic heterocycles. The second-order valence-corrected chi connectivity index (χ2v) is 8.39. The van der Waals surface area contributed by atoms with Crippen LogP contribution in [-0.4, -0.2) is 27.9 Å². The van der Waals surface area contributed by atoms with Gasteiger partial charge in [0.1, 0.15) is 18.4 Å². The number of hydrogen-bond donors (Lipinski definition) is 1. The molecular weight excluding hydrogens is 426 g/mol. The van der Waals surface area contributed by atoms with E-state index in [0.29, 0.717) is 30.0 Å². The lowest BCUT2D eigenvalue weighted by atomic mass is 10.0. The highest BCUT2D eigenvalue weighted by atomic mass is 35.5. The standard InChI is InChI=1S/C26H24ClNO4/c1-17-6-12-20(13-7-17)32-16-18-8-10-19(11-9-18)25(29)28-23(14-15-24(28)26(30)31)21-4-2-3-5-22(21)27/h2-13,23-24H,14-16H2,1H3,(H,30,31)/t23-,24+/m1/s1. The van der Waals surface area contributed by atoms with Crippen molar-refractivity contribution < 1.29 is 19.4 Å². The van der Waals surface area contributed by atoms with Crippen molar-refractivity contribution in [2.45, 2.75) is 38.5 Å². The van der Waals surface area contributed by atoms with E-state index in [0.717, 1.165) is 22.4 Å². The van der Waals surface area contributed by atoms with Crippen LogP contribution in [0.5, 0.6) is 5.75 Å². The summed E-state index contributed by atoms with van der Waals surface area (Å²) < 4.78 is 5.80. The molecule has 1 fully saturated rings. The van der Waals surface area contributed by atoms with Gasteiger partial charge in [-0.05, 0) is 61.2 Å². The van der Waals surface area contributed by atoms with Crippen molar-refractivity contribution in [1.82, 2.24) is 4.90 Å². The third kappa shape index (κ3) is 4.63. The molecule has 1 amide bonds. The van der Waals surface area contributed by atoms with Gasteiger partial charge in [0.25, 0.3) is 5.91 Å². The van der Waals surface area contributed by atoms with E-state index >= 15 is 0 Å². The van der Waals surface area contributed by atoms with Crippen LogP contribution < -0.4 is 4.74 Å². The SMILES string of the molecule is Cc1ccc(OCc2ccc(C(=O)N3[C@@H](c4ccccc4Cl)CC[C@H]3C(=O)O)cc2)cc1. The molecule has 1 aliphatic rings. The van der Waals surface area contributed by atoms with Gasteiger partial charge in [-0.25, -0.2) is 4.79 Å². The average Bonchev–Trinajstić information content (AvgIpc) is 3.24. The van der Waals surface area contributed by atoms with E-state index in [9.17, 15) is 14.7 Å². The first-order valence-electron chi connectivity index (χ1n) is 10.5. The molecule has 5 nitrogen and oxygen atoms in total. The summed E-state index contributed by atoms with van der Waals surface area (Å²) in [6.45, 7) is 2.40. The van der Waals surface area contributed by atoms with Gasteiger partial charge in [-0.3, -0.25) is 4.79 Å². The molecule has 1 saturated heterocycles. The molecule has 0 aromatic heterocycles. The number of carboxylic acid groups (broad SMARTS) is 1. The molecule has 2 atom stereocenters. The minimum atomic E-state index is -1.00. The average molecular weight is 450 g/mol. The quantitative estimate of drug-likeness (QED) is 0.527. The molecule has 32 heavy (non-hydrogen) atoms. The minimum Gasteiger partial charge on any atom is -0.489 e. The Morgan fingerprint density at radius 1 is 1.00 bits per heavy atom. The summed E-state index contributed by atoms with van der Waals surface area (Å²) >= 11 is 6.36. The Bertz CT molecular complexity index is 1110. The number of carbonyl (C=O) groups is 2. The number of aryl methyl sites for hydroxylation is 1. The zero-order valence-corrected chi connectivity index (χ0v) is 18.5. The molecule has 1 heterocycles. The minimum absolute atomic E-state index is 0.314. The van der Waals surface area contributed by atoms with Gasteiger partial charge in [0.15, 0.2) is 0 Å². The van der Waals surface area contributed by atoms with Gasteiger partial charge in [-0.1, -0.05) is 59.6 Å². The smallest absolute Gasteiger partial charge is 0.326 e. The summed E-state index contributed by atoms with van der Waals surface area (Å²) in [4.78, 5) is 26.7. The molecular formula is C26H24ClNO4. The van der Waals surface area contributed by atoms with E-state index in [1.807, 2.05) is 61.5 Å². The molecule has 0 radical (unpaired) electrons. The fourth-order valence-electron chi connectivity index (χ4n) is 4.08. The number of carbonyl (C=O) groups excluding carboxylic acids is 1. The molecule has 164 valence electrons. The molecule has 3 aromatic rings. The predicted molar refractivity (Wildman–Crippen MR) is 123 cm³/mol. The van der Waals surface area contributed by atoms with Crippen LogP contribution in [0.25, 0.3) is 0 Å². The maximum atomic E-state index is 13.4. The Balaban J connectivity index is 1.52. The number of halogens is 1. The van der Waals surface area contributed by atoms with Crippen LogP contribution in [0.3, 0.4) is 0 Å². The Labute approximate surface area is 192 Å². The van der Waals surface area contributed by atoms with Crippen molar-refractivity contribution in [1.29, 1.82) is 0 Å². The monoisotopic (exact) mass is 449 g/mol. The molecule has 0 aliphatic carbocycles. The summed E-state index contributed by atoms with van der Waals surface area (Å²) in [6.07, 6.45) is 0.939. The van der Waals surface area contributed by atoms with Crippen LogP contribution in [0, 0.1) is 6.92 Å². The first-order chi connectivity index (χ1) is 15.4. The number of likely N-dealkylation sites (tertiary alicyclic amines) is 1. The van der Waals surface area contributed by atoms with Gasteiger partial charge in [-0.2, -0.15) is 0 Å². The van der Waals surface area contributed by atoms with Gasteiger partial charge in [-0.15, -0.1) is 0 Å². The number of benzene rings is 3. The number of ether oxygens (including phenoxy) is 1. The number of rotatable bonds is 6. The third-order valence-electron chi connectivity index (χ3n) is 5.80. The molecule has 0 unspecified atom stereocenters. The van der Waals surface area contributed by atoms with Crippen LogP contribution in [0.4, 0.5) is 0 Å². The van der Waals surface area contributed by atoms with Crippen LogP contribution in [0.15, 0.2) is 72.8 Å². The summed E-state index contributed by atoms with van der Waals surface area (Å²) in [5, 5.41) is 10.2. The van der Waals surface area contributed by atoms with Crippen molar-refractivity contribution in [3.05, 3.63) is 100 Å². The van der Waals surface area contributed by atoms with Crippen LogP contribution in [-0.2, 0) is 11.4 Å². The lowest BCUT2D eigenvalue weighted by Crippen LogP contribution is -2.41. The highest BCUT2D eigenvalue weighted by molar-refractivity contribution is 6.31. The molecule has 3 aromatic carbocycles. The van der Waals surface area contributed by atoms with Crippen molar-refractivity contribution in [2.24, 2.45) is 0 Å². The van der Waals surface area contributed by atoms with E-state index < -0.39 is 12.0 Å². The van der Waals surface area contributed by atoms with Crippen LogP contribution in [0.2, 0.25) is 5.02 Å². The van der Waals surface area contributed by atoms with Gasteiger partial charge in [0, 0.05) is 10.6 Å². The zero-order chi connectivity index (χ0) is 22.7. The molecule has 0 saturated carbocycles. The number of aliphatic carboxylic acids is 1. The number of carboxylic acids is 1. The zero-order valence-electron chi connectivity index (χ0n) is 17.7. The number of nitrogens with zero attached hydrogens (tertiary/aromatic N) is 1. The van der Waals surface area contributed by atoms with E-state index in [1.165, 1.54) is 4.90 Å². The molecule has 0 spiro atoms.